The molecule has 94 valence electrons. The zero-order valence-corrected chi connectivity index (χ0v) is 10.0. The molecule has 1 rings (SSSR count). The van der Waals surface area contributed by atoms with Gasteiger partial charge in [0.15, 0.2) is 0 Å². The molecular formula is C11H23N3O2. The molecule has 0 aromatic carbocycles. The Kier molecular flexibility index (Phi) is 5.73. The van der Waals surface area contributed by atoms with Crippen LogP contribution in [0.5, 0.6) is 0 Å². The van der Waals surface area contributed by atoms with E-state index in [9.17, 15) is 4.79 Å². The fraction of sp³-hybridized carbons (Fsp3) is 0.909. The van der Waals surface area contributed by atoms with Crippen molar-refractivity contribution in [3.63, 3.8) is 0 Å². The first-order valence-electron chi connectivity index (χ1n) is 6.04. The van der Waals surface area contributed by atoms with Crippen LogP contribution in [0.1, 0.15) is 26.2 Å². The smallest absolute Gasteiger partial charge is 0.234 e. The maximum atomic E-state index is 11.3. The number of nitrogens with two attached hydrogens (primary N) is 2. The SMILES string of the molecule is CCOC(CN)CN1CCCCC1C(N)=O. The number of carbonyl (C=O) groups excluding carboxylic acids is 1. The van der Waals surface area contributed by atoms with Crippen LogP contribution in [0, 0.1) is 0 Å². The van der Waals surface area contributed by atoms with Crippen LogP contribution >= 0.6 is 0 Å². The molecule has 0 saturated carbocycles. The average Bonchev–Trinajstić information content (AvgIpc) is 2.29. The zero-order chi connectivity index (χ0) is 12.0. The van der Waals surface area contributed by atoms with E-state index >= 15 is 0 Å². The summed E-state index contributed by atoms with van der Waals surface area (Å²) < 4.78 is 5.50. The van der Waals surface area contributed by atoms with Crippen LogP contribution < -0.4 is 11.5 Å². The molecule has 0 bridgehead atoms. The third-order valence-electron chi connectivity index (χ3n) is 3.05. The number of hydrogen-bond acceptors (Lipinski definition) is 4. The predicted molar refractivity (Wildman–Crippen MR) is 62.9 cm³/mol. The third-order valence-corrected chi connectivity index (χ3v) is 3.05. The first-order chi connectivity index (χ1) is 7.69. The Balaban J connectivity index is 2.50. The lowest BCUT2D eigenvalue weighted by atomic mass is 10.0. The minimum atomic E-state index is -0.230. The normalized spacial score (nSPS) is 24.2. The van der Waals surface area contributed by atoms with Crippen LogP contribution in [0.3, 0.4) is 0 Å². The highest BCUT2D eigenvalue weighted by molar-refractivity contribution is 5.79. The van der Waals surface area contributed by atoms with Crippen molar-refractivity contribution >= 4 is 5.91 Å². The second kappa shape index (κ2) is 6.83. The summed E-state index contributed by atoms with van der Waals surface area (Å²) >= 11 is 0. The number of hydrogen-bond donors (Lipinski definition) is 2. The number of likely N-dealkylation sites (tertiary alicyclic amines) is 1. The van der Waals surface area contributed by atoms with E-state index in [2.05, 4.69) is 4.90 Å². The lowest BCUT2D eigenvalue weighted by Crippen LogP contribution is -2.51. The average molecular weight is 229 g/mol. The standard InChI is InChI=1S/C11H23N3O2/c1-2-16-9(7-12)8-14-6-4-3-5-10(14)11(13)15/h9-10H,2-8,12H2,1H3,(H2,13,15). The topological polar surface area (TPSA) is 81.6 Å². The lowest BCUT2D eigenvalue weighted by molar-refractivity contribution is -0.125. The molecule has 2 atom stereocenters. The van der Waals surface area contributed by atoms with E-state index in [1.807, 2.05) is 6.92 Å². The van der Waals surface area contributed by atoms with Gasteiger partial charge in [-0.15, -0.1) is 0 Å². The summed E-state index contributed by atoms with van der Waals surface area (Å²) in [6, 6.07) is -0.136. The summed E-state index contributed by atoms with van der Waals surface area (Å²) in [6.07, 6.45) is 3.06. The Bertz CT molecular complexity index is 223. The molecule has 1 aliphatic rings. The van der Waals surface area contributed by atoms with E-state index in [1.165, 1.54) is 0 Å². The Morgan fingerprint density at radius 2 is 2.31 bits per heavy atom. The van der Waals surface area contributed by atoms with Gasteiger partial charge in [-0.05, 0) is 26.3 Å². The maximum absolute atomic E-state index is 11.3. The molecule has 5 heteroatoms. The van der Waals surface area contributed by atoms with E-state index in [-0.39, 0.29) is 18.1 Å². The summed E-state index contributed by atoms with van der Waals surface area (Å²) in [5.74, 6) is -0.230. The number of primary amides is 1. The van der Waals surface area contributed by atoms with Gasteiger partial charge in [0.1, 0.15) is 0 Å². The van der Waals surface area contributed by atoms with Gasteiger partial charge in [-0.3, -0.25) is 9.69 Å². The number of rotatable bonds is 6. The molecular weight excluding hydrogens is 206 g/mol. The second-order valence-electron chi connectivity index (χ2n) is 4.22. The Labute approximate surface area is 97.1 Å². The minimum Gasteiger partial charge on any atom is -0.376 e. The van der Waals surface area contributed by atoms with Crippen molar-refractivity contribution in [1.82, 2.24) is 4.90 Å². The molecule has 1 saturated heterocycles. The molecule has 0 aliphatic carbocycles. The summed E-state index contributed by atoms with van der Waals surface area (Å²) in [4.78, 5) is 13.4. The summed E-state index contributed by atoms with van der Waals surface area (Å²) in [6.45, 7) is 4.70. The molecule has 5 nitrogen and oxygen atoms in total. The van der Waals surface area contributed by atoms with Gasteiger partial charge in [0, 0.05) is 19.7 Å². The molecule has 1 heterocycles. The maximum Gasteiger partial charge on any atom is 0.234 e. The first kappa shape index (κ1) is 13.4. The summed E-state index contributed by atoms with van der Waals surface area (Å²) in [5.41, 5.74) is 11.0. The predicted octanol–water partition coefficient (Wildman–Crippen LogP) is -0.310. The van der Waals surface area contributed by atoms with Crippen LogP contribution in [0.15, 0.2) is 0 Å². The molecule has 1 aliphatic heterocycles. The molecule has 1 fully saturated rings. The van der Waals surface area contributed by atoms with Crippen molar-refractivity contribution in [3.8, 4) is 0 Å². The highest BCUT2D eigenvalue weighted by Gasteiger charge is 2.28. The van der Waals surface area contributed by atoms with Crippen LogP contribution in [-0.4, -0.2) is 49.2 Å². The van der Waals surface area contributed by atoms with Crippen LogP contribution in [-0.2, 0) is 9.53 Å². The molecule has 0 spiro atoms. The van der Waals surface area contributed by atoms with Gasteiger partial charge in [0.2, 0.25) is 5.91 Å². The highest BCUT2D eigenvalue weighted by atomic mass is 16.5. The quantitative estimate of drug-likeness (QED) is 0.654. The molecule has 16 heavy (non-hydrogen) atoms. The monoisotopic (exact) mass is 229 g/mol. The van der Waals surface area contributed by atoms with Crippen molar-refractivity contribution in [2.45, 2.75) is 38.3 Å². The van der Waals surface area contributed by atoms with Crippen molar-refractivity contribution in [2.24, 2.45) is 11.5 Å². The zero-order valence-electron chi connectivity index (χ0n) is 10.0. The number of ether oxygens (including phenoxy) is 1. The van der Waals surface area contributed by atoms with Gasteiger partial charge in [-0.1, -0.05) is 6.42 Å². The van der Waals surface area contributed by atoms with Gasteiger partial charge < -0.3 is 16.2 Å². The summed E-state index contributed by atoms with van der Waals surface area (Å²) in [5, 5.41) is 0. The Hall–Kier alpha value is -0.650. The molecule has 0 radical (unpaired) electrons. The molecule has 0 aromatic heterocycles. The van der Waals surface area contributed by atoms with E-state index in [4.69, 9.17) is 16.2 Å². The van der Waals surface area contributed by atoms with Crippen molar-refractivity contribution in [1.29, 1.82) is 0 Å². The molecule has 1 amide bonds. The second-order valence-corrected chi connectivity index (χ2v) is 4.22. The number of carbonyl (C=O) groups is 1. The molecule has 0 aromatic rings. The van der Waals surface area contributed by atoms with Crippen LogP contribution in [0.2, 0.25) is 0 Å². The highest BCUT2D eigenvalue weighted by Crippen LogP contribution is 2.17. The van der Waals surface area contributed by atoms with Crippen LogP contribution in [0.4, 0.5) is 0 Å². The number of nitrogens with zero attached hydrogens (tertiary/aromatic N) is 1. The minimum absolute atomic E-state index is 0.00458. The largest absolute Gasteiger partial charge is 0.376 e. The van der Waals surface area contributed by atoms with E-state index in [1.54, 1.807) is 0 Å². The number of amides is 1. The lowest BCUT2D eigenvalue weighted by Gasteiger charge is -2.35. The molecule has 4 N–H and O–H groups in total. The Morgan fingerprint density at radius 3 is 2.88 bits per heavy atom. The molecule has 2 unspecified atom stereocenters. The van der Waals surface area contributed by atoms with E-state index in [0.717, 1.165) is 25.8 Å². The third kappa shape index (κ3) is 3.73. The van der Waals surface area contributed by atoms with Gasteiger partial charge in [-0.25, -0.2) is 0 Å². The Morgan fingerprint density at radius 1 is 1.56 bits per heavy atom. The van der Waals surface area contributed by atoms with Gasteiger partial charge in [-0.2, -0.15) is 0 Å². The fourth-order valence-electron chi connectivity index (χ4n) is 2.22. The van der Waals surface area contributed by atoms with E-state index in [0.29, 0.717) is 19.7 Å². The van der Waals surface area contributed by atoms with Crippen molar-refractivity contribution in [2.75, 3.05) is 26.2 Å². The van der Waals surface area contributed by atoms with Gasteiger partial charge in [0.25, 0.3) is 0 Å². The first-order valence-corrected chi connectivity index (χ1v) is 6.04. The van der Waals surface area contributed by atoms with Crippen LogP contribution in [0.25, 0.3) is 0 Å². The fourth-order valence-corrected chi connectivity index (χ4v) is 2.22. The van der Waals surface area contributed by atoms with E-state index < -0.39 is 0 Å². The number of piperidine rings is 1. The van der Waals surface area contributed by atoms with Crippen molar-refractivity contribution < 1.29 is 9.53 Å². The van der Waals surface area contributed by atoms with Gasteiger partial charge >= 0.3 is 0 Å². The van der Waals surface area contributed by atoms with Crippen molar-refractivity contribution in [3.05, 3.63) is 0 Å². The van der Waals surface area contributed by atoms with Gasteiger partial charge in [0.05, 0.1) is 12.1 Å². The summed E-state index contributed by atoms with van der Waals surface area (Å²) in [7, 11) is 0.